The second-order valence-corrected chi connectivity index (χ2v) is 6.61. The quantitative estimate of drug-likeness (QED) is 0.898. The lowest BCUT2D eigenvalue weighted by molar-refractivity contribution is -0.118. The fourth-order valence-corrected chi connectivity index (χ4v) is 2.43. The molecule has 2 aromatic rings. The zero-order chi connectivity index (χ0) is 18.4. The van der Waals surface area contributed by atoms with Crippen molar-refractivity contribution in [2.75, 3.05) is 19.0 Å². The number of rotatable bonds is 5. The lowest BCUT2D eigenvalue weighted by atomic mass is 9.86. The van der Waals surface area contributed by atoms with Crippen LogP contribution in [0.2, 0.25) is 0 Å². The van der Waals surface area contributed by atoms with Crippen LogP contribution in [0.5, 0.6) is 11.5 Å². The molecule has 0 aromatic heterocycles. The summed E-state index contributed by atoms with van der Waals surface area (Å²) in [5.74, 6) is 0.575. The third-order valence-electron chi connectivity index (χ3n) is 3.66. The molecule has 5 nitrogen and oxygen atoms in total. The van der Waals surface area contributed by atoms with Crippen molar-refractivity contribution in [1.82, 2.24) is 0 Å². The molecular weight excluding hydrogens is 316 g/mol. The molecule has 0 fully saturated rings. The summed E-state index contributed by atoms with van der Waals surface area (Å²) >= 11 is 0. The molecular formula is C20H22N2O3. The highest BCUT2D eigenvalue weighted by molar-refractivity contribution is 5.92. The first kappa shape index (κ1) is 18.3. The minimum Gasteiger partial charge on any atom is -0.493 e. The predicted molar refractivity (Wildman–Crippen MR) is 97.0 cm³/mol. The number of carbonyl (C=O) groups excluding carboxylic acids is 1. The minimum absolute atomic E-state index is 0.0823. The van der Waals surface area contributed by atoms with E-state index in [4.69, 9.17) is 14.7 Å². The van der Waals surface area contributed by atoms with E-state index in [-0.39, 0.29) is 17.9 Å². The molecule has 0 saturated heterocycles. The van der Waals surface area contributed by atoms with Gasteiger partial charge in [0.1, 0.15) is 0 Å². The summed E-state index contributed by atoms with van der Waals surface area (Å²) in [6.45, 7) is 6.13. The number of nitriles is 1. The third kappa shape index (κ3) is 4.74. The molecule has 130 valence electrons. The first-order chi connectivity index (χ1) is 11.8. The molecule has 2 aromatic carbocycles. The van der Waals surface area contributed by atoms with Crippen molar-refractivity contribution in [2.45, 2.75) is 26.2 Å². The number of nitrogens with zero attached hydrogens (tertiary/aromatic N) is 1. The fraction of sp³-hybridized carbons (Fsp3) is 0.300. The van der Waals surface area contributed by atoms with Crippen molar-refractivity contribution in [2.24, 2.45) is 0 Å². The summed E-state index contributed by atoms with van der Waals surface area (Å²) in [4.78, 5) is 12.3. The van der Waals surface area contributed by atoms with E-state index >= 15 is 0 Å². The van der Waals surface area contributed by atoms with Gasteiger partial charge in [0.2, 0.25) is 0 Å². The van der Waals surface area contributed by atoms with Gasteiger partial charge in [0.15, 0.2) is 18.1 Å². The molecule has 0 saturated carbocycles. The number of ether oxygens (including phenoxy) is 2. The maximum Gasteiger partial charge on any atom is 0.262 e. The molecule has 0 atom stereocenters. The number of amides is 1. The molecule has 1 N–H and O–H groups in total. The molecule has 0 aliphatic heterocycles. The Morgan fingerprint density at radius 2 is 1.88 bits per heavy atom. The van der Waals surface area contributed by atoms with E-state index in [9.17, 15) is 4.79 Å². The van der Waals surface area contributed by atoms with E-state index in [2.05, 4.69) is 26.1 Å². The Kier molecular flexibility index (Phi) is 5.66. The zero-order valence-electron chi connectivity index (χ0n) is 14.9. The highest BCUT2D eigenvalue weighted by Gasteiger charge is 2.18. The highest BCUT2D eigenvalue weighted by Crippen LogP contribution is 2.30. The standard InChI is InChI=1S/C20H22N2O3/c1-20(2,3)15-7-5-6-8-16(15)22-19(23)13-25-17-10-9-14(12-21)11-18(17)24-4/h5-11H,13H2,1-4H3,(H,22,23). The average Bonchev–Trinajstić information content (AvgIpc) is 2.59. The highest BCUT2D eigenvalue weighted by atomic mass is 16.5. The summed E-state index contributed by atoms with van der Waals surface area (Å²) in [5.41, 5.74) is 2.21. The molecule has 0 radical (unpaired) electrons. The van der Waals surface area contributed by atoms with E-state index in [1.54, 1.807) is 18.2 Å². The number of nitrogens with one attached hydrogen (secondary N) is 1. The van der Waals surface area contributed by atoms with Gasteiger partial charge in [-0.05, 0) is 29.2 Å². The van der Waals surface area contributed by atoms with Crippen LogP contribution in [0.25, 0.3) is 0 Å². The van der Waals surface area contributed by atoms with Gasteiger partial charge in [-0.25, -0.2) is 0 Å². The Labute approximate surface area is 148 Å². The maximum absolute atomic E-state index is 12.3. The normalized spacial score (nSPS) is 10.7. The largest absolute Gasteiger partial charge is 0.493 e. The zero-order valence-corrected chi connectivity index (χ0v) is 14.9. The number of methoxy groups -OCH3 is 1. The van der Waals surface area contributed by atoms with Crippen molar-refractivity contribution >= 4 is 11.6 Å². The minimum atomic E-state index is -0.261. The molecule has 0 spiro atoms. The van der Waals surface area contributed by atoms with Crippen LogP contribution >= 0.6 is 0 Å². The summed E-state index contributed by atoms with van der Waals surface area (Å²) < 4.78 is 10.7. The first-order valence-electron chi connectivity index (χ1n) is 7.95. The predicted octanol–water partition coefficient (Wildman–Crippen LogP) is 3.88. The average molecular weight is 338 g/mol. The number of hydrogen-bond donors (Lipinski definition) is 1. The Morgan fingerprint density at radius 3 is 2.52 bits per heavy atom. The molecule has 0 aliphatic rings. The van der Waals surface area contributed by atoms with Crippen LogP contribution in [-0.4, -0.2) is 19.6 Å². The molecule has 1 amide bonds. The fourth-order valence-electron chi connectivity index (χ4n) is 2.43. The lowest BCUT2D eigenvalue weighted by Gasteiger charge is -2.23. The molecule has 2 rings (SSSR count). The monoisotopic (exact) mass is 338 g/mol. The second kappa shape index (κ2) is 7.71. The van der Waals surface area contributed by atoms with Gasteiger partial charge in [0, 0.05) is 11.8 Å². The molecule has 5 heteroatoms. The summed E-state index contributed by atoms with van der Waals surface area (Å²) in [6, 6.07) is 14.6. The third-order valence-corrected chi connectivity index (χ3v) is 3.66. The topological polar surface area (TPSA) is 71.3 Å². The Hall–Kier alpha value is -3.00. The van der Waals surface area contributed by atoms with Gasteiger partial charge >= 0.3 is 0 Å². The van der Waals surface area contributed by atoms with Crippen molar-refractivity contribution in [3.05, 3.63) is 53.6 Å². The van der Waals surface area contributed by atoms with Crippen LogP contribution in [0, 0.1) is 11.3 Å². The Bertz CT molecular complexity index is 801. The number of para-hydroxylation sites is 1. The van der Waals surface area contributed by atoms with Gasteiger partial charge in [0.25, 0.3) is 5.91 Å². The molecule has 0 bridgehead atoms. The van der Waals surface area contributed by atoms with Crippen molar-refractivity contribution < 1.29 is 14.3 Å². The van der Waals surface area contributed by atoms with Crippen molar-refractivity contribution in [3.63, 3.8) is 0 Å². The Balaban J connectivity index is 2.07. The summed E-state index contributed by atoms with van der Waals surface area (Å²) in [6.07, 6.45) is 0. The number of carbonyl (C=O) groups is 1. The lowest BCUT2D eigenvalue weighted by Crippen LogP contribution is -2.23. The molecule has 25 heavy (non-hydrogen) atoms. The van der Waals surface area contributed by atoms with Gasteiger partial charge < -0.3 is 14.8 Å². The van der Waals surface area contributed by atoms with Crippen LogP contribution < -0.4 is 14.8 Å². The number of anilines is 1. The maximum atomic E-state index is 12.3. The second-order valence-electron chi connectivity index (χ2n) is 6.61. The van der Waals surface area contributed by atoms with E-state index in [1.807, 2.05) is 30.3 Å². The smallest absolute Gasteiger partial charge is 0.262 e. The van der Waals surface area contributed by atoms with E-state index in [0.29, 0.717) is 17.1 Å². The SMILES string of the molecule is COc1cc(C#N)ccc1OCC(=O)Nc1ccccc1C(C)(C)C. The van der Waals surface area contributed by atoms with E-state index < -0.39 is 0 Å². The van der Waals surface area contributed by atoms with Gasteiger partial charge in [-0.15, -0.1) is 0 Å². The molecule has 0 unspecified atom stereocenters. The van der Waals surface area contributed by atoms with Gasteiger partial charge in [-0.2, -0.15) is 5.26 Å². The van der Waals surface area contributed by atoms with Crippen molar-refractivity contribution in [3.8, 4) is 17.6 Å². The summed E-state index contributed by atoms with van der Waals surface area (Å²) in [7, 11) is 1.49. The molecule has 0 heterocycles. The van der Waals surface area contributed by atoms with Gasteiger partial charge in [-0.1, -0.05) is 39.0 Å². The van der Waals surface area contributed by atoms with Crippen LogP contribution in [0.4, 0.5) is 5.69 Å². The van der Waals surface area contributed by atoms with E-state index in [1.165, 1.54) is 7.11 Å². The van der Waals surface area contributed by atoms with Crippen LogP contribution in [0.1, 0.15) is 31.9 Å². The first-order valence-corrected chi connectivity index (χ1v) is 7.95. The van der Waals surface area contributed by atoms with Crippen LogP contribution in [-0.2, 0) is 10.2 Å². The van der Waals surface area contributed by atoms with Crippen LogP contribution in [0.3, 0.4) is 0 Å². The van der Waals surface area contributed by atoms with Crippen molar-refractivity contribution in [1.29, 1.82) is 5.26 Å². The number of benzene rings is 2. The summed E-state index contributed by atoms with van der Waals surface area (Å²) in [5, 5.41) is 11.8. The van der Waals surface area contributed by atoms with Crippen LogP contribution in [0.15, 0.2) is 42.5 Å². The Morgan fingerprint density at radius 1 is 1.16 bits per heavy atom. The number of hydrogen-bond acceptors (Lipinski definition) is 4. The molecule has 0 aliphatic carbocycles. The van der Waals surface area contributed by atoms with E-state index in [0.717, 1.165) is 11.3 Å². The van der Waals surface area contributed by atoms with Gasteiger partial charge in [0.05, 0.1) is 18.7 Å². The van der Waals surface area contributed by atoms with Gasteiger partial charge in [-0.3, -0.25) is 4.79 Å².